The first-order chi connectivity index (χ1) is 13.5. The van der Waals surface area contributed by atoms with Crippen LogP contribution in [0.3, 0.4) is 0 Å². The van der Waals surface area contributed by atoms with Crippen molar-refractivity contribution in [2.24, 2.45) is 0 Å². The molecule has 3 aromatic rings. The van der Waals surface area contributed by atoms with Crippen LogP contribution < -0.4 is 5.32 Å². The number of aromatic nitrogens is 1. The molecule has 0 aliphatic heterocycles. The monoisotopic (exact) mass is 396 g/mol. The Morgan fingerprint density at radius 2 is 1.79 bits per heavy atom. The lowest BCUT2D eigenvalue weighted by atomic mass is 10.1. The van der Waals surface area contributed by atoms with Gasteiger partial charge in [0.25, 0.3) is 0 Å². The molecule has 0 unspecified atom stereocenters. The smallest absolute Gasteiger partial charge is 0.232 e. The van der Waals surface area contributed by atoms with Crippen molar-refractivity contribution in [1.82, 2.24) is 10.3 Å². The number of carbonyl (C=O) groups excluding carboxylic acids is 1. The topological polar surface area (TPSA) is 72.2 Å². The van der Waals surface area contributed by atoms with Crippen molar-refractivity contribution in [3.63, 3.8) is 0 Å². The van der Waals surface area contributed by atoms with E-state index in [1.165, 1.54) is 5.56 Å². The van der Waals surface area contributed by atoms with E-state index >= 15 is 0 Å². The van der Waals surface area contributed by atoms with Crippen molar-refractivity contribution in [2.75, 3.05) is 5.75 Å². The van der Waals surface area contributed by atoms with E-state index in [-0.39, 0.29) is 17.4 Å². The highest BCUT2D eigenvalue weighted by molar-refractivity contribution is 7.84. The number of hydrogen-bond acceptors (Lipinski definition) is 4. The van der Waals surface area contributed by atoms with Crippen molar-refractivity contribution < 1.29 is 13.4 Å². The molecule has 1 heterocycles. The SMILES string of the molecule is CCc1ccc(-c2nc(C[S@](=O)CC(=O)NCc3ccccc3)c(C)o2)cc1. The first-order valence-corrected chi connectivity index (χ1v) is 10.7. The minimum absolute atomic E-state index is 0.0559. The highest BCUT2D eigenvalue weighted by Gasteiger charge is 2.16. The predicted molar refractivity (Wildman–Crippen MR) is 111 cm³/mol. The molecule has 1 N–H and O–H groups in total. The van der Waals surface area contributed by atoms with Gasteiger partial charge in [-0.05, 0) is 36.6 Å². The summed E-state index contributed by atoms with van der Waals surface area (Å²) in [4.78, 5) is 16.5. The van der Waals surface area contributed by atoms with E-state index in [1.54, 1.807) is 6.92 Å². The number of hydrogen-bond donors (Lipinski definition) is 1. The third-order valence-corrected chi connectivity index (χ3v) is 5.60. The van der Waals surface area contributed by atoms with Gasteiger partial charge in [0.2, 0.25) is 11.8 Å². The lowest BCUT2D eigenvalue weighted by Gasteiger charge is -2.05. The summed E-state index contributed by atoms with van der Waals surface area (Å²) >= 11 is 0. The van der Waals surface area contributed by atoms with Crippen LogP contribution in [0.5, 0.6) is 0 Å². The number of benzene rings is 2. The Kier molecular flexibility index (Phi) is 6.76. The third kappa shape index (κ3) is 5.39. The maximum Gasteiger partial charge on any atom is 0.232 e. The second-order valence-electron chi connectivity index (χ2n) is 6.56. The highest BCUT2D eigenvalue weighted by atomic mass is 32.2. The molecule has 0 saturated carbocycles. The van der Waals surface area contributed by atoms with Gasteiger partial charge in [0.15, 0.2) is 0 Å². The number of amides is 1. The molecule has 28 heavy (non-hydrogen) atoms. The van der Waals surface area contributed by atoms with Gasteiger partial charge >= 0.3 is 0 Å². The zero-order valence-corrected chi connectivity index (χ0v) is 16.9. The largest absolute Gasteiger partial charge is 0.441 e. The average molecular weight is 397 g/mol. The normalized spacial score (nSPS) is 11.9. The van der Waals surface area contributed by atoms with Gasteiger partial charge in [0.1, 0.15) is 11.5 Å². The molecule has 1 atom stereocenters. The summed E-state index contributed by atoms with van der Waals surface area (Å²) in [6.07, 6.45) is 0.974. The van der Waals surface area contributed by atoms with Crippen molar-refractivity contribution in [1.29, 1.82) is 0 Å². The van der Waals surface area contributed by atoms with Crippen LogP contribution in [-0.2, 0) is 34.3 Å². The zero-order valence-electron chi connectivity index (χ0n) is 16.1. The number of nitrogens with one attached hydrogen (secondary N) is 1. The van der Waals surface area contributed by atoms with Gasteiger partial charge in [-0.1, -0.05) is 49.4 Å². The van der Waals surface area contributed by atoms with Gasteiger partial charge in [-0.3, -0.25) is 9.00 Å². The van der Waals surface area contributed by atoms with Gasteiger partial charge in [-0.25, -0.2) is 4.98 Å². The van der Waals surface area contributed by atoms with E-state index in [2.05, 4.69) is 17.2 Å². The molecule has 6 heteroatoms. The molecule has 1 aromatic heterocycles. The number of carbonyl (C=O) groups is 1. The molecule has 2 aromatic carbocycles. The van der Waals surface area contributed by atoms with E-state index in [0.29, 0.717) is 23.9 Å². The van der Waals surface area contributed by atoms with Gasteiger partial charge < -0.3 is 9.73 Å². The van der Waals surface area contributed by atoms with Crippen molar-refractivity contribution in [3.05, 3.63) is 77.2 Å². The second-order valence-corrected chi connectivity index (χ2v) is 8.02. The Hall–Kier alpha value is -2.73. The van der Waals surface area contributed by atoms with E-state index in [1.807, 2.05) is 54.6 Å². The van der Waals surface area contributed by atoms with Crippen LogP contribution in [0, 0.1) is 6.92 Å². The van der Waals surface area contributed by atoms with E-state index in [0.717, 1.165) is 17.5 Å². The highest BCUT2D eigenvalue weighted by Crippen LogP contribution is 2.23. The molecule has 0 aliphatic rings. The lowest BCUT2D eigenvalue weighted by Crippen LogP contribution is -2.28. The summed E-state index contributed by atoms with van der Waals surface area (Å²) in [5, 5.41) is 2.80. The molecule has 0 radical (unpaired) electrons. The van der Waals surface area contributed by atoms with Crippen LogP contribution in [0.1, 0.15) is 29.5 Å². The molecular weight excluding hydrogens is 372 g/mol. The molecule has 0 bridgehead atoms. The standard InChI is InChI=1S/C22H24N2O3S/c1-3-17-9-11-19(12-10-17)22-24-20(16(2)27-22)14-28(26)15-21(25)23-13-18-7-5-4-6-8-18/h4-12H,3,13-15H2,1-2H3,(H,23,25)/t28-/m0/s1. The van der Waals surface area contributed by atoms with Gasteiger partial charge in [0.05, 0.1) is 11.4 Å². The minimum atomic E-state index is -1.35. The molecule has 146 valence electrons. The quantitative estimate of drug-likeness (QED) is 0.629. The van der Waals surface area contributed by atoms with Crippen molar-refractivity contribution in [3.8, 4) is 11.5 Å². The number of rotatable bonds is 8. The summed E-state index contributed by atoms with van der Waals surface area (Å²) in [5.41, 5.74) is 3.77. The number of nitrogens with zero attached hydrogens (tertiary/aromatic N) is 1. The van der Waals surface area contributed by atoms with Crippen LogP contribution in [0.25, 0.3) is 11.5 Å². The maximum absolute atomic E-state index is 12.4. The van der Waals surface area contributed by atoms with Crippen molar-refractivity contribution >= 4 is 16.7 Å². The fourth-order valence-electron chi connectivity index (χ4n) is 2.77. The first-order valence-electron chi connectivity index (χ1n) is 9.26. The summed E-state index contributed by atoms with van der Waals surface area (Å²) in [7, 11) is -1.35. The Morgan fingerprint density at radius 1 is 1.07 bits per heavy atom. The molecule has 5 nitrogen and oxygen atoms in total. The molecule has 0 fully saturated rings. The third-order valence-electron chi connectivity index (χ3n) is 4.42. The second kappa shape index (κ2) is 9.46. The average Bonchev–Trinajstić information content (AvgIpc) is 3.07. The summed E-state index contributed by atoms with van der Waals surface area (Å²) in [6.45, 7) is 4.34. The summed E-state index contributed by atoms with van der Waals surface area (Å²) in [6, 6.07) is 17.7. The van der Waals surface area contributed by atoms with Gasteiger partial charge in [-0.15, -0.1) is 0 Å². The fourth-order valence-corrected chi connectivity index (χ4v) is 3.84. The molecule has 3 rings (SSSR count). The minimum Gasteiger partial charge on any atom is -0.441 e. The zero-order chi connectivity index (χ0) is 19.9. The Balaban J connectivity index is 1.56. The molecule has 0 spiro atoms. The molecule has 0 aliphatic carbocycles. The van der Waals surface area contributed by atoms with Gasteiger partial charge in [-0.2, -0.15) is 0 Å². The van der Waals surface area contributed by atoms with E-state index in [9.17, 15) is 9.00 Å². The number of aryl methyl sites for hydroxylation is 2. The van der Waals surface area contributed by atoms with Crippen LogP contribution in [0.2, 0.25) is 0 Å². The predicted octanol–water partition coefficient (Wildman–Crippen LogP) is 3.78. The lowest BCUT2D eigenvalue weighted by molar-refractivity contribution is -0.118. The summed E-state index contributed by atoms with van der Waals surface area (Å²) in [5.74, 6) is 1.05. The van der Waals surface area contributed by atoms with E-state index in [4.69, 9.17) is 4.42 Å². The van der Waals surface area contributed by atoms with Crippen LogP contribution in [-0.4, -0.2) is 20.9 Å². The Morgan fingerprint density at radius 3 is 2.46 bits per heavy atom. The Labute approximate surface area is 167 Å². The van der Waals surface area contributed by atoms with E-state index < -0.39 is 10.8 Å². The van der Waals surface area contributed by atoms with Crippen LogP contribution in [0.4, 0.5) is 0 Å². The molecule has 1 amide bonds. The Bertz CT molecular complexity index is 950. The van der Waals surface area contributed by atoms with Gasteiger partial charge in [0, 0.05) is 22.9 Å². The van der Waals surface area contributed by atoms with Crippen LogP contribution >= 0.6 is 0 Å². The van der Waals surface area contributed by atoms with Crippen molar-refractivity contribution in [2.45, 2.75) is 32.6 Å². The maximum atomic E-state index is 12.4. The number of oxazole rings is 1. The summed E-state index contributed by atoms with van der Waals surface area (Å²) < 4.78 is 18.1. The first kappa shape index (κ1) is 20.0. The molecular formula is C22H24N2O3S. The van der Waals surface area contributed by atoms with Crippen LogP contribution in [0.15, 0.2) is 59.0 Å². The fraction of sp³-hybridized carbons (Fsp3) is 0.273. The molecule has 0 saturated heterocycles.